The Labute approximate surface area is 124 Å². The number of carbonyl (C=O) groups is 1. The number of rotatable bonds is 2. The van der Waals surface area contributed by atoms with Crippen LogP contribution in [0, 0.1) is 6.92 Å². The molecule has 0 N–H and O–H groups in total. The van der Waals surface area contributed by atoms with E-state index in [-0.39, 0.29) is 4.94 Å². The second-order valence-corrected chi connectivity index (χ2v) is 5.69. The lowest BCUT2D eigenvalue weighted by molar-refractivity contribution is -0.131. The lowest BCUT2D eigenvalue weighted by atomic mass is 10.0. The minimum Gasteiger partial charge on any atom is -0.427 e. The zero-order valence-electron chi connectivity index (χ0n) is 11.5. The van der Waals surface area contributed by atoms with E-state index in [1.807, 2.05) is 31.2 Å². The molecule has 0 aliphatic heterocycles. The second-order valence-electron chi connectivity index (χ2n) is 4.71. The summed E-state index contributed by atoms with van der Waals surface area (Å²) in [7, 11) is 0. The normalized spacial score (nSPS) is 10.8. The van der Waals surface area contributed by atoms with Crippen LogP contribution in [0.5, 0.6) is 5.75 Å². The first-order valence-corrected chi connectivity index (χ1v) is 7.18. The Morgan fingerprint density at radius 3 is 2.57 bits per heavy atom. The minimum absolute atomic E-state index is 0.377. The third-order valence-electron chi connectivity index (χ3n) is 3.03. The first-order chi connectivity index (χ1) is 10.0. The van der Waals surface area contributed by atoms with Crippen LogP contribution in [-0.2, 0) is 4.79 Å². The third-order valence-corrected chi connectivity index (χ3v) is 3.80. The van der Waals surface area contributed by atoms with Gasteiger partial charge >= 0.3 is 10.9 Å². The van der Waals surface area contributed by atoms with Gasteiger partial charge in [-0.3, -0.25) is 4.79 Å². The van der Waals surface area contributed by atoms with Crippen LogP contribution in [0.1, 0.15) is 12.5 Å². The SMILES string of the molecule is CC(=O)Oc1cc(-c2ccc(C)cc2)c2oc(=O)sc2c1. The highest BCUT2D eigenvalue weighted by Crippen LogP contribution is 2.34. The maximum atomic E-state index is 11.5. The number of carbonyl (C=O) groups excluding carboxylic acids is 1. The van der Waals surface area contributed by atoms with Crippen molar-refractivity contribution in [3.8, 4) is 16.9 Å². The van der Waals surface area contributed by atoms with E-state index >= 15 is 0 Å². The summed E-state index contributed by atoms with van der Waals surface area (Å²) in [6.07, 6.45) is 0. The van der Waals surface area contributed by atoms with Gasteiger partial charge in [-0.05, 0) is 18.6 Å². The average molecular weight is 300 g/mol. The van der Waals surface area contributed by atoms with Gasteiger partial charge in [0.1, 0.15) is 5.75 Å². The van der Waals surface area contributed by atoms with Gasteiger partial charge in [-0.15, -0.1) is 0 Å². The Bertz CT molecular complexity index is 871. The quantitative estimate of drug-likeness (QED) is 0.534. The molecule has 0 saturated heterocycles. The van der Waals surface area contributed by atoms with Crippen molar-refractivity contribution in [2.24, 2.45) is 0 Å². The molecule has 0 saturated carbocycles. The number of aryl methyl sites for hydroxylation is 1. The number of ether oxygens (including phenoxy) is 1. The predicted molar refractivity (Wildman–Crippen MR) is 81.8 cm³/mol. The smallest absolute Gasteiger partial charge is 0.396 e. The van der Waals surface area contributed by atoms with E-state index in [9.17, 15) is 9.59 Å². The summed E-state index contributed by atoms with van der Waals surface area (Å²) in [5, 5.41) is 0. The van der Waals surface area contributed by atoms with E-state index in [1.165, 1.54) is 6.92 Å². The molecule has 1 heterocycles. The van der Waals surface area contributed by atoms with E-state index in [4.69, 9.17) is 9.15 Å². The average Bonchev–Trinajstić information content (AvgIpc) is 2.78. The van der Waals surface area contributed by atoms with Gasteiger partial charge in [0.15, 0.2) is 5.58 Å². The van der Waals surface area contributed by atoms with Gasteiger partial charge in [0.25, 0.3) is 0 Å². The molecule has 4 nitrogen and oxygen atoms in total. The molecular formula is C16H12O4S. The first-order valence-electron chi connectivity index (χ1n) is 6.36. The molecule has 0 unspecified atom stereocenters. The molecule has 3 aromatic rings. The summed E-state index contributed by atoms with van der Waals surface area (Å²) >= 11 is 0.992. The summed E-state index contributed by atoms with van der Waals surface area (Å²) in [5.74, 6) is 0.00247. The second kappa shape index (κ2) is 5.18. The van der Waals surface area contributed by atoms with Gasteiger partial charge in [-0.2, -0.15) is 0 Å². The minimum atomic E-state index is -0.403. The number of hydrogen-bond acceptors (Lipinski definition) is 5. The lowest BCUT2D eigenvalue weighted by Gasteiger charge is -2.06. The Kier molecular flexibility index (Phi) is 3.35. The molecule has 1 aromatic heterocycles. The molecule has 0 amide bonds. The molecule has 2 aromatic carbocycles. The maximum Gasteiger partial charge on any atom is 0.396 e. The van der Waals surface area contributed by atoms with Crippen LogP contribution in [0.25, 0.3) is 21.4 Å². The Hall–Kier alpha value is -2.40. The van der Waals surface area contributed by atoms with Gasteiger partial charge in [0.2, 0.25) is 0 Å². The molecule has 5 heteroatoms. The summed E-state index contributed by atoms with van der Waals surface area (Å²) in [5.41, 5.74) is 3.30. The van der Waals surface area contributed by atoms with Crippen LogP contribution in [-0.4, -0.2) is 5.97 Å². The van der Waals surface area contributed by atoms with Crippen molar-refractivity contribution in [2.45, 2.75) is 13.8 Å². The Morgan fingerprint density at radius 1 is 1.19 bits per heavy atom. The molecule has 0 radical (unpaired) electrons. The van der Waals surface area contributed by atoms with Crippen LogP contribution in [0.3, 0.4) is 0 Å². The highest BCUT2D eigenvalue weighted by atomic mass is 32.1. The fourth-order valence-corrected chi connectivity index (χ4v) is 2.85. The molecular weight excluding hydrogens is 288 g/mol. The van der Waals surface area contributed by atoms with Crippen molar-refractivity contribution in [3.05, 3.63) is 51.7 Å². The summed E-state index contributed by atoms with van der Waals surface area (Å²) in [6, 6.07) is 11.2. The number of esters is 1. The van der Waals surface area contributed by atoms with Gasteiger partial charge in [-0.1, -0.05) is 41.2 Å². The van der Waals surface area contributed by atoms with Gasteiger partial charge in [0, 0.05) is 18.6 Å². The molecule has 0 aliphatic rings. The molecule has 3 rings (SSSR count). The summed E-state index contributed by atoms with van der Waals surface area (Å²) in [4.78, 5) is 22.3. The van der Waals surface area contributed by atoms with Crippen molar-refractivity contribution in [2.75, 3.05) is 0 Å². The summed E-state index contributed by atoms with van der Waals surface area (Å²) < 4.78 is 11.1. The van der Waals surface area contributed by atoms with Crippen molar-refractivity contribution >= 4 is 27.6 Å². The van der Waals surface area contributed by atoms with Crippen LogP contribution in [0.2, 0.25) is 0 Å². The largest absolute Gasteiger partial charge is 0.427 e. The van der Waals surface area contributed by atoms with E-state index < -0.39 is 5.97 Å². The van der Waals surface area contributed by atoms with Gasteiger partial charge in [0.05, 0.1) is 4.70 Å². The molecule has 0 fully saturated rings. The number of hydrogen-bond donors (Lipinski definition) is 0. The van der Waals surface area contributed by atoms with Crippen molar-refractivity contribution in [1.82, 2.24) is 0 Å². The van der Waals surface area contributed by atoms with Crippen LogP contribution in [0.15, 0.2) is 45.6 Å². The van der Waals surface area contributed by atoms with Crippen molar-refractivity contribution in [3.63, 3.8) is 0 Å². The van der Waals surface area contributed by atoms with E-state index in [0.717, 1.165) is 28.0 Å². The molecule has 0 atom stereocenters. The zero-order valence-corrected chi connectivity index (χ0v) is 12.3. The van der Waals surface area contributed by atoms with Crippen molar-refractivity contribution < 1.29 is 13.9 Å². The lowest BCUT2D eigenvalue weighted by Crippen LogP contribution is -2.01. The van der Waals surface area contributed by atoms with Crippen molar-refractivity contribution in [1.29, 1.82) is 0 Å². The summed E-state index contributed by atoms with van der Waals surface area (Å²) in [6.45, 7) is 3.34. The fraction of sp³-hybridized carbons (Fsp3) is 0.125. The Balaban J connectivity index is 2.25. The molecule has 0 spiro atoms. The maximum absolute atomic E-state index is 11.5. The van der Waals surface area contributed by atoms with Gasteiger partial charge < -0.3 is 9.15 Å². The van der Waals surface area contributed by atoms with Crippen LogP contribution in [0.4, 0.5) is 0 Å². The molecule has 106 valence electrons. The highest BCUT2D eigenvalue weighted by molar-refractivity contribution is 7.16. The molecule has 0 bridgehead atoms. The first kappa shape index (κ1) is 13.6. The van der Waals surface area contributed by atoms with E-state index in [0.29, 0.717) is 16.0 Å². The molecule has 0 aliphatic carbocycles. The molecule has 21 heavy (non-hydrogen) atoms. The Morgan fingerprint density at radius 2 is 1.90 bits per heavy atom. The zero-order chi connectivity index (χ0) is 15.0. The predicted octanol–water partition coefficient (Wildman–Crippen LogP) is 3.76. The standard InChI is InChI=1S/C16H12O4S/c1-9-3-5-11(6-4-9)13-7-12(19-10(2)17)8-14-15(13)20-16(18)21-14/h3-8H,1-2H3. The van der Waals surface area contributed by atoms with Crippen LogP contribution < -0.4 is 9.68 Å². The number of fused-ring (bicyclic) bond motifs is 1. The highest BCUT2D eigenvalue weighted by Gasteiger charge is 2.13. The monoisotopic (exact) mass is 300 g/mol. The third kappa shape index (κ3) is 2.73. The van der Waals surface area contributed by atoms with Crippen LogP contribution >= 0.6 is 11.3 Å². The van der Waals surface area contributed by atoms with E-state index in [2.05, 4.69) is 0 Å². The fourth-order valence-electron chi connectivity index (χ4n) is 2.12. The van der Waals surface area contributed by atoms with E-state index in [1.54, 1.807) is 12.1 Å². The number of benzene rings is 2. The van der Waals surface area contributed by atoms with Gasteiger partial charge in [-0.25, -0.2) is 4.79 Å². The topological polar surface area (TPSA) is 56.5 Å².